The lowest BCUT2D eigenvalue weighted by Gasteiger charge is -2.14. The number of sulfonamides is 1. The molecule has 2 N–H and O–H groups in total. The number of rotatable bonds is 5. The van der Waals surface area contributed by atoms with Gasteiger partial charge in [-0.15, -0.1) is 0 Å². The Kier molecular flexibility index (Phi) is 3.37. The molecule has 0 amide bonds. The zero-order valence-corrected chi connectivity index (χ0v) is 11.9. The van der Waals surface area contributed by atoms with Crippen molar-refractivity contribution >= 4 is 10.0 Å². The molecule has 3 rings (SSSR count). The van der Waals surface area contributed by atoms with E-state index in [1.54, 1.807) is 0 Å². The number of piperidine rings is 1. The summed E-state index contributed by atoms with van der Waals surface area (Å²) >= 11 is 0. The molecule has 1 saturated carbocycles. The first kappa shape index (κ1) is 13.1. The van der Waals surface area contributed by atoms with Crippen LogP contribution in [0.5, 0.6) is 0 Å². The van der Waals surface area contributed by atoms with Crippen LogP contribution < -0.4 is 10.0 Å². The van der Waals surface area contributed by atoms with E-state index >= 15 is 0 Å². The zero-order valence-electron chi connectivity index (χ0n) is 11.0. The summed E-state index contributed by atoms with van der Waals surface area (Å²) in [6.45, 7) is 3.86. The second kappa shape index (κ2) is 4.89. The van der Waals surface area contributed by atoms with E-state index in [0.717, 1.165) is 18.7 Å². The molecule has 5 heteroatoms. The maximum atomic E-state index is 12.2. The van der Waals surface area contributed by atoms with Gasteiger partial charge in [-0.3, -0.25) is 0 Å². The van der Waals surface area contributed by atoms with Gasteiger partial charge in [-0.2, -0.15) is 0 Å². The molecule has 0 aromatic heterocycles. The molecule has 3 atom stereocenters. The maximum Gasteiger partial charge on any atom is 0.212 e. The van der Waals surface area contributed by atoms with Gasteiger partial charge in [0.2, 0.25) is 10.0 Å². The van der Waals surface area contributed by atoms with Crippen molar-refractivity contribution < 1.29 is 8.42 Å². The van der Waals surface area contributed by atoms with Crippen LogP contribution in [-0.2, 0) is 10.0 Å². The summed E-state index contributed by atoms with van der Waals surface area (Å²) in [6, 6.07) is 9.98. The first-order chi connectivity index (χ1) is 9.07. The van der Waals surface area contributed by atoms with Crippen LogP contribution in [0.2, 0.25) is 0 Å². The van der Waals surface area contributed by atoms with E-state index < -0.39 is 10.0 Å². The molecular formula is C14H20N2O2S. The highest BCUT2D eigenvalue weighted by Gasteiger charge is 2.54. The van der Waals surface area contributed by atoms with Gasteiger partial charge in [0.05, 0.1) is 5.75 Å². The summed E-state index contributed by atoms with van der Waals surface area (Å²) < 4.78 is 27.2. The summed E-state index contributed by atoms with van der Waals surface area (Å²) in [5, 5.41) is 3.27. The highest BCUT2D eigenvalue weighted by Crippen LogP contribution is 2.42. The van der Waals surface area contributed by atoms with Crippen molar-refractivity contribution in [3.63, 3.8) is 0 Å². The number of hydrogen-bond acceptors (Lipinski definition) is 3. The fourth-order valence-electron chi connectivity index (χ4n) is 3.06. The van der Waals surface area contributed by atoms with Crippen LogP contribution in [0, 0.1) is 11.8 Å². The van der Waals surface area contributed by atoms with E-state index in [9.17, 15) is 8.42 Å². The fraction of sp³-hybridized carbons (Fsp3) is 0.571. The van der Waals surface area contributed by atoms with Gasteiger partial charge in [0.1, 0.15) is 0 Å². The van der Waals surface area contributed by atoms with Crippen LogP contribution in [0.4, 0.5) is 0 Å². The Morgan fingerprint density at radius 3 is 2.53 bits per heavy atom. The van der Waals surface area contributed by atoms with E-state index in [-0.39, 0.29) is 17.7 Å². The molecule has 1 heterocycles. The summed E-state index contributed by atoms with van der Waals surface area (Å²) in [5.74, 6) is 1.22. The number of hydrogen-bond donors (Lipinski definition) is 2. The van der Waals surface area contributed by atoms with Gasteiger partial charge in [-0.25, -0.2) is 13.1 Å². The fourth-order valence-corrected chi connectivity index (χ4v) is 4.77. The largest absolute Gasteiger partial charge is 0.316 e. The van der Waals surface area contributed by atoms with Gasteiger partial charge >= 0.3 is 0 Å². The van der Waals surface area contributed by atoms with E-state index in [4.69, 9.17) is 0 Å². The topological polar surface area (TPSA) is 58.2 Å². The minimum absolute atomic E-state index is 0.0235. The predicted molar refractivity (Wildman–Crippen MR) is 75.4 cm³/mol. The zero-order chi connectivity index (χ0) is 13.5. The van der Waals surface area contributed by atoms with Crippen LogP contribution in [-0.4, -0.2) is 33.3 Å². The number of benzene rings is 1. The highest BCUT2D eigenvalue weighted by molar-refractivity contribution is 7.89. The van der Waals surface area contributed by atoms with Crippen LogP contribution in [0.3, 0.4) is 0 Å². The van der Waals surface area contributed by atoms with Gasteiger partial charge < -0.3 is 5.32 Å². The van der Waals surface area contributed by atoms with Crippen molar-refractivity contribution in [1.82, 2.24) is 10.0 Å². The lowest BCUT2D eigenvalue weighted by Crippen LogP contribution is -2.35. The lowest BCUT2D eigenvalue weighted by atomic mass is 10.0. The van der Waals surface area contributed by atoms with E-state index in [2.05, 4.69) is 10.0 Å². The van der Waals surface area contributed by atoms with E-state index in [1.165, 1.54) is 0 Å². The second-order valence-electron chi connectivity index (χ2n) is 5.72. The average Bonchev–Trinajstić information content (AvgIpc) is 2.83. The molecule has 0 radical (unpaired) electrons. The summed E-state index contributed by atoms with van der Waals surface area (Å²) in [6.07, 6.45) is 0. The number of nitrogens with one attached hydrogen (secondary N) is 2. The minimum Gasteiger partial charge on any atom is -0.316 e. The molecule has 4 nitrogen and oxygen atoms in total. The van der Waals surface area contributed by atoms with Crippen LogP contribution in [0.15, 0.2) is 30.3 Å². The summed E-state index contributed by atoms with van der Waals surface area (Å²) in [7, 11) is -3.19. The van der Waals surface area contributed by atoms with Crippen molar-refractivity contribution in [2.24, 2.45) is 11.8 Å². The molecule has 1 saturated heterocycles. The smallest absolute Gasteiger partial charge is 0.212 e. The Balaban J connectivity index is 1.59. The summed E-state index contributed by atoms with van der Waals surface area (Å²) in [4.78, 5) is 0. The van der Waals surface area contributed by atoms with Gasteiger partial charge in [0, 0.05) is 6.04 Å². The quantitative estimate of drug-likeness (QED) is 0.843. The Bertz CT molecular complexity index is 534. The minimum atomic E-state index is -3.19. The molecule has 1 aromatic carbocycles. The van der Waals surface area contributed by atoms with Gasteiger partial charge in [-0.05, 0) is 36.4 Å². The first-order valence-electron chi connectivity index (χ1n) is 6.82. The van der Waals surface area contributed by atoms with Crippen molar-refractivity contribution in [1.29, 1.82) is 0 Å². The molecular weight excluding hydrogens is 260 g/mol. The van der Waals surface area contributed by atoms with Crippen molar-refractivity contribution in [2.75, 3.05) is 18.8 Å². The van der Waals surface area contributed by atoms with Gasteiger partial charge in [0.15, 0.2) is 0 Å². The molecule has 2 fully saturated rings. The lowest BCUT2D eigenvalue weighted by molar-refractivity contribution is 0.560. The van der Waals surface area contributed by atoms with Gasteiger partial charge in [-0.1, -0.05) is 37.3 Å². The monoisotopic (exact) mass is 280 g/mol. The Hall–Kier alpha value is -0.910. The molecule has 3 unspecified atom stereocenters. The molecule has 1 aromatic rings. The Labute approximate surface area is 114 Å². The predicted octanol–water partition coefficient (Wildman–Crippen LogP) is 0.927. The molecule has 1 aliphatic carbocycles. The average molecular weight is 280 g/mol. The maximum absolute atomic E-state index is 12.2. The first-order valence-corrected chi connectivity index (χ1v) is 8.48. The molecule has 0 spiro atoms. The third-order valence-electron chi connectivity index (χ3n) is 4.25. The van der Waals surface area contributed by atoms with Crippen molar-refractivity contribution in [2.45, 2.75) is 18.9 Å². The molecule has 2 aliphatic rings. The summed E-state index contributed by atoms with van der Waals surface area (Å²) in [5.41, 5.74) is 1.07. The highest BCUT2D eigenvalue weighted by atomic mass is 32.2. The van der Waals surface area contributed by atoms with Crippen LogP contribution >= 0.6 is 0 Å². The van der Waals surface area contributed by atoms with Crippen molar-refractivity contribution in [3.05, 3.63) is 35.9 Å². The van der Waals surface area contributed by atoms with Crippen LogP contribution in [0.25, 0.3) is 0 Å². The molecule has 104 valence electrons. The van der Waals surface area contributed by atoms with E-state index in [0.29, 0.717) is 11.8 Å². The third kappa shape index (κ3) is 2.83. The van der Waals surface area contributed by atoms with Crippen molar-refractivity contribution in [3.8, 4) is 0 Å². The normalized spacial score (nSPS) is 30.9. The molecule has 1 aliphatic heterocycles. The Morgan fingerprint density at radius 1 is 1.26 bits per heavy atom. The third-order valence-corrected chi connectivity index (χ3v) is 5.82. The van der Waals surface area contributed by atoms with Gasteiger partial charge in [0.25, 0.3) is 0 Å². The second-order valence-corrected chi connectivity index (χ2v) is 7.52. The SMILES string of the molecule is CC(CS(=O)(=O)NC1C2CNCC21)c1ccccc1. The standard InChI is InChI=1S/C14H20N2O2S/c1-10(11-5-3-2-4-6-11)9-19(17,18)16-14-12-7-15-8-13(12)14/h2-6,10,12-16H,7-9H2,1H3. The van der Waals surface area contributed by atoms with E-state index in [1.807, 2.05) is 37.3 Å². The molecule has 19 heavy (non-hydrogen) atoms. The molecule has 0 bridgehead atoms. The number of fused-ring (bicyclic) bond motifs is 1. The van der Waals surface area contributed by atoms with Crippen LogP contribution in [0.1, 0.15) is 18.4 Å². The Morgan fingerprint density at radius 2 is 1.89 bits per heavy atom.